The van der Waals surface area contributed by atoms with Gasteiger partial charge in [0, 0.05) is 18.0 Å². The van der Waals surface area contributed by atoms with Crippen LogP contribution >= 0.6 is 11.6 Å². The number of hydrogen-bond donors (Lipinski definition) is 0. The van der Waals surface area contributed by atoms with Gasteiger partial charge in [0.25, 0.3) is 0 Å². The molecule has 0 rings (SSSR count). The standard InChI is InChI=1S/C11H16ClN/c1-3-4-8-11(13-2)9-6-5-7-10-12/h3-6,8H,2,7,9-10H2,1H3/b4-3-,6-5-,11-8+. The highest BCUT2D eigenvalue weighted by Gasteiger charge is 1.86. The number of hydrogen-bond acceptors (Lipinski definition) is 1. The highest BCUT2D eigenvalue weighted by atomic mass is 35.5. The van der Waals surface area contributed by atoms with E-state index >= 15 is 0 Å². The van der Waals surface area contributed by atoms with E-state index in [0.29, 0.717) is 5.88 Å². The van der Waals surface area contributed by atoms with Crippen LogP contribution in [0.25, 0.3) is 0 Å². The molecular weight excluding hydrogens is 182 g/mol. The third-order valence-corrected chi connectivity index (χ3v) is 1.67. The first kappa shape index (κ1) is 12.2. The van der Waals surface area contributed by atoms with Crippen LogP contribution in [0.3, 0.4) is 0 Å². The van der Waals surface area contributed by atoms with Crippen molar-refractivity contribution in [3.63, 3.8) is 0 Å². The van der Waals surface area contributed by atoms with E-state index in [0.717, 1.165) is 18.5 Å². The van der Waals surface area contributed by atoms with Gasteiger partial charge < -0.3 is 0 Å². The van der Waals surface area contributed by atoms with Gasteiger partial charge >= 0.3 is 0 Å². The number of halogens is 1. The van der Waals surface area contributed by atoms with Gasteiger partial charge in [-0.1, -0.05) is 24.3 Å². The lowest BCUT2D eigenvalue weighted by atomic mass is 10.2. The van der Waals surface area contributed by atoms with Crippen molar-refractivity contribution >= 4 is 18.3 Å². The van der Waals surface area contributed by atoms with Crippen LogP contribution in [0, 0.1) is 0 Å². The summed E-state index contributed by atoms with van der Waals surface area (Å²) in [6.07, 6.45) is 11.7. The third kappa shape index (κ3) is 7.54. The Morgan fingerprint density at radius 3 is 2.77 bits per heavy atom. The van der Waals surface area contributed by atoms with E-state index in [9.17, 15) is 0 Å². The number of rotatable bonds is 6. The molecule has 0 bridgehead atoms. The zero-order valence-electron chi connectivity index (χ0n) is 8.04. The largest absolute Gasteiger partial charge is 0.269 e. The molecule has 0 spiro atoms. The minimum absolute atomic E-state index is 0.673. The Kier molecular flexibility index (Phi) is 8.68. The summed E-state index contributed by atoms with van der Waals surface area (Å²) in [6, 6.07) is 0. The smallest absolute Gasteiger partial charge is 0.0433 e. The third-order valence-electron chi connectivity index (χ3n) is 1.45. The van der Waals surface area contributed by atoms with Crippen LogP contribution in [-0.2, 0) is 0 Å². The molecule has 2 heteroatoms. The summed E-state index contributed by atoms with van der Waals surface area (Å²) in [7, 11) is 0. The Hall–Kier alpha value is -0.820. The summed E-state index contributed by atoms with van der Waals surface area (Å²) in [6.45, 7) is 5.47. The minimum atomic E-state index is 0.673. The van der Waals surface area contributed by atoms with Crippen LogP contribution in [0.4, 0.5) is 0 Å². The van der Waals surface area contributed by atoms with Crippen molar-refractivity contribution in [2.45, 2.75) is 19.8 Å². The van der Waals surface area contributed by atoms with Crippen LogP contribution in [0.15, 0.2) is 41.1 Å². The maximum absolute atomic E-state index is 5.52. The molecule has 0 unspecified atom stereocenters. The first-order valence-electron chi connectivity index (χ1n) is 4.34. The molecule has 1 nitrogen and oxygen atoms in total. The second kappa shape index (κ2) is 9.27. The lowest BCUT2D eigenvalue weighted by Gasteiger charge is -1.93. The minimum Gasteiger partial charge on any atom is -0.269 e. The quantitative estimate of drug-likeness (QED) is 0.266. The first-order chi connectivity index (χ1) is 6.35. The molecule has 0 saturated carbocycles. The molecule has 13 heavy (non-hydrogen) atoms. The molecule has 0 atom stereocenters. The summed E-state index contributed by atoms with van der Waals surface area (Å²) in [5.74, 6) is 0.673. The summed E-state index contributed by atoms with van der Waals surface area (Å²) in [4.78, 5) is 3.90. The Morgan fingerprint density at radius 2 is 2.23 bits per heavy atom. The molecule has 0 saturated heterocycles. The average Bonchev–Trinajstić information content (AvgIpc) is 2.17. The number of aliphatic imine (C=N–C) groups is 1. The molecule has 0 aromatic rings. The Bertz CT molecular complexity index is 214. The number of nitrogens with zero attached hydrogens (tertiary/aromatic N) is 1. The van der Waals surface area contributed by atoms with E-state index in [1.807, 2.05) is 25.2 Å². The second-order valence-corrected chi connectivity index (χ2v) is 2.87. The molecule has 72 valence electrons. The van der Waals surface area contributed by atoms with E-state index in [4.69, 9.17) is 11.6 Å². The van der Waals surface area contributed by atoms with Crippen molar-refractivity contribution in [1.29, 1.82) is 0 Å². The van der Waals surface area contributed by atoms with Crippen LogP contribution < -0.4 is 0 Å². The van der Waals surface area contributed by atoms with Crippen LogP contribution in [-0.4, -0.2) is 12.6 Å². The molecule has 0 aliphatic carbocycles. The predicted octanol–water partition coefficient (Wildman–Crippen LogP) is 3.72. The summed E-state index contributed by atoms with van der Waals surface area (Å²) in [5.41, 5.74) is 0.976. The highest BCUT2D eigenvalue weighted by molar-refractivity contribution is 6.17. The lowest BCUT2D eigenvalue weighted by Crippen LogP contribution is -1.74. The van der Waals surface area contributed by atoms with E-state index in [-0.39, 0.29) is 0 Å². The van der Waals surface area contributed by atoms with Gasteiger partial charge in [0.2, 0.25) is 0 Å². The predicted molar refractivity (Wildman–Crippen MR) is 61.5 cm³/mol. The Labute approximate surface area is 85.5 Å². The van der Waals surface area contributed by atoms with Crippen molar-refractivity contribution < 1.29 is 0 Å². The normalized spacial score (nSPS) is 12.9. The lowest BCUT2D eigenvalue weighted by molar-refractivity contribution is 1.14. The molecule has 0 aromatic carbocycles. The first-order valence-corrected chi connectivity index (χ1v) is 4.88. The molecule has 0 amide bonds. The van der Waals surface area contributed by atoms with E-state index < -0.39 is 0 Å². The summed E-state index contributed by atoms with van der Waals surface area (Å²) >= 11 is 5.52. The fraction of sp³-hybridized carbons (Fsp3) is 0.364. The van der Waals surface area contributed by atoms with Gasteiger partial charge in [-0.2, -0.15) is 0 Å². The molecule has 0 radical (unpaired) electrons. The molecule has 0 aliphatic rings. The molecule has 0 N–H and O–H groups in total. The van der Waals surface area contributed by atoms with Gasteiger partial charge in [-0.25, -0.2) is 0 Å². The van der Waals surface area contributed by atoms with Gasteiger partial charge in [-0.15, -0.1) is 11.6 Å². The number of alkyl halides is 1. The van der Waals surface area contributed by atoms with Gasteiger partial charge in [-0.3, -0.25) is 4.99 Å². The fourth-order valence-electron chi connectivity index (χ4n) is 0.778. The molecular formula is C11H16ClN. The van der Waals surface area contributed by atoms with Crippen LogP contribution in [0.1, 0.15) is 19.8 Å². The van der Waals surface area contributed by atoms with Crippen molar-refractivity contribution in [2.75, 3.05) is 5.88 Å². The summed E-state index contributed by atoms with van der Waals surface area (Å²) < 4.78 is 0. The second-order valence-electron chi connectivity index (χ2n) is 2.50. The average molecular weight is 198 g/mol. The van der Waals surface area contributed by atoms with Crippen molar-refractivity contribution in [1.82, 2.24) is 0 Å². The number of allylic oxidation sites excluding steroid dienone is 5. The molecule has 0 fully saturated rings. The Morgan fingerprint density at radius 1 is 1.46 bits per heavy atom. The van der Waals surface area contributed by atoms with Gasteiger partial charge in [0.15, 0.2) is 0 Å². The molecule has 0 heterocycles. The highest BCUT2D eigenvalue weighted by Crippen LogP contribution is 2.04. The van der Waals surface area contributed by atoms with E-state index in [1.54, 1.807) is 0 Å². The monoisotopic (exact) mass is 197 g/mol. The van der Waals surface area contributed by atoms with Gasteiger partial charge in [0.05, 0.1) is 0 Å². The topological polar surface area (TPSA) is 12.4 Å². The van der Waals surface area contributed by atoms with Crippen molar-refractivity contribution in [2.24, 2.45) is 4.99 Å². The zero-order chi connectivity index (χ0) is 9.94. The summed E-state index contributed by atoms with van der Waals surface area (Å²) in [5, 5.41) is 0. The maximum Gasteiger partial charge on any atom is 0.0433 e. The maximum atomic E-state index is 5.52. The molecule has 0 aromatic heterocycles. The fourth-order valence-corrected chi connectivity index (χ4v) is 0.904. The van der Waals surface area contributed by atoms with E-state index in [1.165, 1.54) is 0 Å². The van der Waals surface area contributed by atoms with Crippen molar-refractivity contribution in [3.05, 3.63) is 36.1 Å². The van der Waals surface area contributed by atoms with Gasteiger partial charge in [0.1, 0.15) is 0 Å². The van der Waals surface area contributed by atoms with Gasteiger partial charge in [-0.05, 0) is 26.1 Å². The zero-order valence-corrected chi connectivity index (χ0v) is 8.80. The SMILES string of the molecule is C=N/C(=C/C=C\C)C/C=C\CCCl. The van der Waals surface area contributed by atoms with Crippen molar-refractivity contribution in [3.8, 4) is 0 Å². The van der Waals surface area contributed by atoms with Crippen LogP contribution in [0.2, 0.25) is 0 Å². The molecule has 0 aliphatic heterocycles. The van der Waals surface area contributed by atoms with E-state index in [2.05, 4.69) is 23.9 Å². The van der Waals surface area contributed by atoms with Crippen LogP contribution in [0.5, 0.6) is 0 Å². The Balaban J connectivity index is 3.91.